The molecule has 13 nitrogen and oxygen atoms in total. The summed E-state index contributed by atoms with van der Waals surface area (Å²) in [6.45, 7) is 10.4. The van der Waals surface area contributed by atoms with E-state index in [-0.39, 0.29) is 30.7 Å². The molecule has 304 valence electrons. The Morgan fingerprint density at radius 3 is 2.16 bits per heavy atom. The van der Waals surface area contributed by atoms with Crippen LogP contribution in [0.1, 0.15) is 64.3 Å². The van der Waals surface area contributed by atoms with Crippen molar-refractivity contribution in [2.75, 3.05) is 13.1 Å². The van der Waals surface area contributed by atoms with E-state index in [9.17, 15) is 29.4 Å². The molecule has 2 aromatic heterocycles. The van der Waals surface area contributed by atoms with Crippen LogP contribution < -0.4 is 16.0 Å². The molecule has 0 saturated carbocycles. The number of rotatable bonds is 18. The number of benzene rings is 2. The molecule has 3 heterocycles. The standard InChI is InChI=1S/C43H55N7O6S/c1-6-28(2)36(50-21-20-49(42(50)56)26-33-27-57-40(46-33)31-18-13-19-44-25-31)38(52)45-32(22-29-14-9-7-10-15-29)24-35(51)34(23-30-16-11-8-12-17-30)47-39(53)37(43(3,4)5)48-41(54)55/h7-19,25,27-28,32,34-37,48,51H,6,20-24,26H2,1-5H3,(H,45,52)(H,47,53)(H,54,55)/t28?,32-,34-,35-,36-,37+/m0/s1. The van der Waals surface area contributed by atoms with Gasteiger partial charge >= 0.3 is 12.1 Å². The maximum absolute atomic E-state index is 14.5. The first-order valence-electron chi connectivity index (χ1n) is 19.5. The van der Waals surface area contributed by atoms with Gasteiger partial charge in [0, 0.05) is 42.5 Å². The Labute approximate surface area is 338 Å². The monoisotopic (exact) mass is 797 g/mol. The number of nitrogens with zero attached hydrogens (tertiary/aromatic N) is 4. The lowest BCUT2D eigenvalue weighted by molar-refractivity contribution is -0.129. The summed E-state index contributed by atoms with van der Waals surface area (Å²) in [5.41, 5.74) is 2.72. The summed E-state index contributed by atoms with van der Waals surface area (Å²) >= 11 is 1.49. The molecule has 6 atom stereocenters. The van der Waals surface area contributed by atoms with Gasteiger partial charge in [-0.15, -0.1) is 11.3 Å². The number of hydrogen-bond acceptors (Lipinski definition) is 8. The second-order valence-corrected chi connectivity index (χ2v) is 16.7. The smallest absolute Gasteiger partial charge is 0.405 e. The van der Waals surface area contributed by atoms with Crippen LogP contribution in [0.5, 0.6) is 0 Å². The molecule has 5 amide bonds. The Kier molecular flexibility index (Phi) is 14.8. The van der Waals surface area contributed by atoms with Crippen molar-refractivity contribution in [1.82, 2.24) is 35.7 Å². The molecule has 2 aromatic carbocycles. The number of aliphatic hydroxyl groups excluding tert-OH is 1. The van der Waals surface area contributed by atoms with Crippen molar-refractivity contribution in [3.63, 3.8) is 0 Å². The highest BCUT2D eigenvalue weighted by Crippen LogP contribution is 2.27. The fourth-order valence-electron chi connectivity index (χ4n) is 7.18. The molecule has 57 heavy (non-hydrogen) atoms. The normalized spacial score (nSPS) is 16.3. The first-order chi connectivity index (χ1) is 27.2. The van der Waals surface area contributed by atoms with Gasteiger partial charge in [-0.1, -0.05) is 102 Å². The van der Waals surface area contributed by atoms with Crippen molar-refractivity contribution >= 4 is 35.3 Å². The second-order valence-electron chi connectivity index (χ2n) is 15.9. The highest BCUT2D eigenvalue weighted by molar-refractivity contribution is 7.13. The van der Waals surface area contributed by atoms with Gasteiger partial charge in [0.15, 0.2) is 0 Å². The van der Waals surface area contributed by atoms with Gasteiger partial charge in [-0.25, -0.2) is 14.6 Å². The summed E-state index contributed by atoms with van der Waals surface area (Å²) < 4.78 is 0. The lowest BCUT2D eigenvalue weighted by Gasteiger charge is -2.35. The molecule has 0 bridgehead atoms. The molecule has 5 N–H and O–H groups in total. The number of thiazole rings is 1. The zero-order valence-corrected chi connectivity index (χ0v) is 34.1. The summed E-state index contributed by atoms with van der Waals surface area (Å²) in [5, 5.41) is 32.7. The molecular formula is C43H55N7O6S. The number of nitrogens with one attached hydrogen (secondary N) is 3. The third-order valence-electron chi connectivity index (χ3n) is 10.4. The topological polar surface area (TPSA) is 177 Å². The Morgan fingerprint density at radius 1 is 0.895 bits per heavy atom. The summed E-state index contributed by atoms with van der Waals surface area (Å²) in [5.74, 6) is -1.05. The predicted molar refractivity (Wildman–Crippen MR) is 220 cm³/mol. The summed E-state index contributed by atoms with van der Waals surface area (Å²) in [4.78, 5) is 66.1. The van der Waals surface area contributed by atoms with Crippen LogP contribution in [0, 0.1) is 11.3 Å². The van der Waals surface area contributed by atoms with E-state index in [1.807, 2.05) is 92.0 Å². The molecule has 1 saturated heterocycles. The lowest BCUT2D eigenvalue weighted by atomic mass is 9.85. The van der Waals surface area contributed by atoms with Gasteiger partial charge in [-0.05, 0) is 53.9 Å². The third-order valence-corrected chi connectivity index (χ3v) is 11.4. The minimum absolute atomic E-state index is 0.0708. The van der Waals surface area contributed by atoms with Crippen molar-refractivity contribution in [3.05, 3.63) is 107 Å². The number of aromatic nitrogens is 2. The Hall–Kier alpha value is -5.34. The zero-order chi connectivity index (χ0) is 41.1. The Bertz CT molecular complexity index is 1920. The van der Waals surface area contributed by atoms with E-state index in [0.717, 1.165) is 27.4 Å². The molecule has 5 rings (SSSR count). The number of amides is 5. The summed E-state index contributed by atoms with van der Waals surface area (Å²) in [6.07, 6.45) is 2.36. The molecule has 0 radical (unpaired) electrons. The second kappa shape index (κ2) is 19.7. The van der Waals surface area contributed by atoms with Gasteiger partial charge in [0.1, 0.15) is 17.1 Å². The summed E-state index contributed by atoms with van der Waals surface area (Å²) in [7, 11) is 0. The van der Waals surface area contributed by atoms with E-state index in [0.29, 0.717) is 32.5 Å². The van der Waals surface area contributed by atoms with Crippen LogP contribution in [0.3, 0.4) is 0 Å². The van der Waals surface area contributed by atoms with Gasteiger partial charge in [0.2, 0.25) is 11.8 Å². The maximum atomic E-state index is 14.5. The van der Waals surface area contributed by atoms with Crippen LogP contribution in [0.15, 0.2) is 90.6 Å². The highest BCUT2D eigenvalue weighted by Gasteiger charge is 2.41. The molecule has 4 aromatic rings. The minimum Gasteiger partial charge on any atom is -0.465 e. The SMILES string of the molecule is CCC(C)[C@@H](C(=O)N[C@@H](Cc1ccccc1)C[C@H](O)[C@H](Cc1ccccc1)NC(=O)[C@@H](NC(=O)O)C(C)(C)C)N1CCN(Cc2csc(-c3cccnc3)n2)C1=O. The van der Waals surface area contributed by atoms with Gasteiger partial charge in [0.25, 0.3) is 0 Å². The zero-order valence-electron chi connectivity index (χ0n) is 33.3. The molecule has 14 heteroatoms. The van der Waals surface area contributed by atoms with Crippen molar-refractivity contribution in [2.24, 2.45) is 11.3 Å². The molecule has 1 fully saturated rings. The van der Waals surface area contributed by atoms with E-state index in [1.54, 1.807) is 43.0 Å². The van der Waals surface area contributed by atoms with Gasteiger partial charge in [-0.2, -0.15) is 0 Å². The molecule has 0 aliphatic carbocycles. The molecule has 0 spiro atoms. The van der Waals surface area contributed by atoms with Crippen LogP contribution in [0.25, 0.3) is 10.6 Å². The van der Waals surface area contributed by atoms with E-state index in [2.05, 4.69) is 20.9 Å². The number of carbonyl (C=O) groups excluding carboxylic acids is 3. The number of carboxylic acid groups (broad SMARTS) is 1. The Balaban J connectivity index is 1.35. The van der Waals surface area contributed by atoms with Crippen molar-refractivity contribution < 1.29 is 29.4 Å². The van der Waals surface area contributed by atoms with Crippen LogP contribution >= 0.6 is 11.3 Å². The van der Waals surface area contributed by atoms with Crippen molar-refractivity contribution in [2.45, 2.75) is 97.1 Å². The lowest BCUT2D eigenvalue weighted by Crippen LogP contribution is -2.58. The molecule has 1 unspecified atom stereocenters. The van der Waals surface area contributed by atoms with Gasteiger partial charge < -0.3 is 36.0 Å². The maximum Gasteiger partial charge on any atom is 0.405 e. The average molecular weight is 798 g/mol. The van der Waals surface area contributed by atoms with Gasteiger partial charge in [-0.3, -0.25) is 14.6 Å². The number of urea groups is 1. The number of carbonyl (C=O) groups is 4. The molecule has 1 aliphatic heterocycles. The van der Waals surface area contributed by atoms with Crippen LogP contribution in [0.2, 0.25) is 0 Å². The van der Waals surface area contributed by atoms with E-state index in [4.69, 9.17) is 4.98 Å². The van der Waals surface area contributed by atoms with Gasteiger partial charge in [0.05, 0.1) is 24.4 Å². The first kappa shape index (κ1) is 42.8. The predicted octanol–water partition coefficient (Wildman–Crippen LogP) is 5.75. The Morgan fingerprint density at radius 2 is 1.56 bits per heavy atom. The third kappa shape index (κ3) is 11.8. The number of aliphatic hydroxyl groups is 1. The van der Waals surface area contributed by atoms with Crippen LogP contribution in [-0.2, 0) is 29.0 Å². The van der Waals surface area contributed by atoms with E-state index < -0.39 is 47.7 Å². The highest BCUT2D eigenvalue weighted by atomic mass is 32.1. The molecular weight excluding hydrogens is 743 g/mol. The minimum atomic E-state index is -1.33. The van der Waals surface area contributed by atoms with Crippen molar-refractivity contribution in [1.29, 1.82) is 0 Å². The van der Waals surface area contributed by atoms with Crippen LogP contribution in [0.4, 0.5) is 9.59 Å². The van der Waals surface area contributed by atoms with E-state index >= 15 is 0 Å². The first-order valence-corrected chi connectivity index (χ1v) is 20.4. The average Bonchev–Trinajstić information content (AvgIpc) is 3.80. The fraction of sp³-hybridized carbons (Fsp3) is 0.442. The van der Waals surface area contributed by atoms with Crippen molar-refractivity contribution in [3.8, 4) is 10.6 Å². The number of pyridine rings is 1. The molecule has 1 aliphatic rings. The van der Waals surface area contributed by atoms with E-state index in [1.165, 1.54) is 11.3 Å². The quantitative estimate of drug-likeness (QED) is 0.0846. The van der Waals surface area contributed by atoms with Crippen LogP contribution in [-0.4, -0.2) is 97.3 Å². The fourth-order valence-corrected chi connectivity index (χ4v) is 7.99. The summed E-state index contributed by atoms with van der Waals surface area (Å²) in [6, 6.07) is 19.3. The largest absolute Gasteiger partial charge is 0.465 e. The number of hydrogen-bond donors (Lipinski definition) is 5.